The third-order valence-electron chi connectivity index (χ3n) is 2.82. The summed E-state index contributed by atoms with van der Waals surface area (Å²) in [4.78, 5) is 10.4. The number of carboxylic acid groups (broad SMARTS) is 1. The van der Waals surface area contributed by atoms with E-state index >= 15 is 0 Å². The van der Waals surface area contributed by atoms with Crippen LogP contribution in [0.1, 0.15) is 31.2 Å². The number of unbranched alkanes of at least 4 members (excludes halogenated alkanes) is 1. The second-order valence-electron chi connectivity index (χ2n) is 4.19. The molecule has 0 saturated carbocycles. The van der Waals surface area contributed by atoms with E-state index in [1.807, 2.05) is 30.3 Å². The second kappa shape index (κ2) is 5.53. The second-order valence-corrected chi connectivity index (χ2v) is 4.19. The molecule has 0 fully saturated rings. The summed E-state index contributed by atoms with van der Waals surface area (Å²) < 4.78 is 5.80. The Labute approximate surface area is 101 Å². The van der Waals surface area contributed by atoms with Crippen LogP contribution in [0.3, 0.4) is 0 Å². The van der Waals surface area contributed by atoms with Crippen molar-refractivity contribution in [2.75, 3.05) is 0 Å². The molecular weight excluding hydrogens is 216 g/mol. The van der Waals surface area contributed by atoms with Crippen molar-refractivity contribution in [1.82, 2.24) is 0 Å². The van der Waals surface area contributed by atoms with Crippen LogP contribution in [-0.4, -0.2) is 17.2 Å². The van der Waals surface area contributed by atoms with E-state index in [9.17, 15) is 4.79 Å². The van der Waals surface area contributed by atoms with Crippen LogP contribution in [-0.2, 0) is 4.79 Å². The summed E-state index contributed by atoms with van der Waals surface area (Å²) in [5.74, 6) is 0.189. The Hall–Kier alpha value is -1.77. The van der Waals surface area contributed by atoms with Crippen molar-refractivity contribution < 1.29 is 14.6 Å². The Morgan fingerprint density at radius 2 is 2.12 bits per heavy atom. The fraction of sp³-hybridized carbons (Fsp3) is 0.357. The highest BCUT2D eigenvalue weighted by Gasteiger charge is 2.13. The molecule has 3 heteroatoms. The number of hydrogen-bond donors (Lipinski definition) is 1. The Kier molecular flexibility index (Phi) is 3.81. The van der Waals surface area contributed by atoms with Crippen LogP contribution in [0.15, 0.2) is 30.3 Å². The molecule has 3 nitrogen and oxygen atoms in total. The van der Waals surface area contributed by atoms with Crippen LogP contribution < -0.4 is 4.74 Å². The Morgan fingerprint density at radius 3 is 2.94 bits per heavy atom. The first-order valence-corrected chi connectivity index (χ1v) is 5.91. The number of carboxylic acids is 1. The van der Waals surface area contributed by atoms with Crippen LogP contribution in [0.25, 0.3) is 6.08 Å². The zero-order valence-corrected chi connectivity index (χ0v) is 9.63. The van der Waals surface area contributed by atoms with Crippen LogP contribution in [0.4, 0.5) is 0 Å². The van der Waals surface area contributed by atoms with Gasteiger partial charge >= 0.3 is 5.97 Å². The number of rotatable bonds is 5. The molecule has 90 valence electrons. The van der Waals surface area contributed by atoms with Gasteiger partial charge in [-0.2, -0.15) is 0 Å². The summed E-state index contributed by atoms with van der Waals surface area (Å²) >= 11 is 0. The number of ether oxygens (including phenoxy) is 1. The minimum Gasteiger partial charge on any atom is -0.486 e. The maximum atomic E-state index is 10.4. The first-order chi connectivity index (χ1) is 8.25. The van der Waals surface area contributed by atoms with E-state index in [4.69, 9.17) is 9.84 Å². The summed E-state index contributed by atoms with van der Waals surface area (Å²) in [6.07, 6.45) is 6.90. The minimum absolute atomic E-state index is 0.0821. The molecule has 0 bridgehead atoms. The molecule has 0 aromatic heterocycles. The number of para-hydroxylation sites is 1. The van der Waals surface area contributed by atoms with Crippen molar-refractivity contribution in [1.29, 1.82) is 0 Å². The third kappa shape index (κ3) is 3.34. The monoisotopic (exact) mass is 232 g/mol. The van der Waals surface area contributed by atoms with Gasteiger partial charge in [0.15, 0.2) is 0 Å². The lowest BCUT2D eigenvalue weighted by Gasteiger charge is -2.21. The topological polar surface area (TPSA) is 46.5 Å². The van der Waals surface area contributed by atoms with Gasteiger partial charge in [0.1, 0.15) is 11.9 Å². The van der Waals surface area contributed by atoms with Gasteiger partial charge in [-0.1, -0.05) is 24.3 Å². The summed E-state index contributed by atoms with van der Waals surface area (Å²) in [5, 5.41) is 8.54. The van der Waals surface area contributed by atoms with Crippen LogP contribution >= 0.6 is 0 Å². The molecule has 0 saturated heterocycles. The third-order valence-corrected chi connectivity index (χ3v) is 2.82. The molecule has 0 amide bonds. The molecule has 1 N–H and O–H groups in total. The molecular formula is C14H16O3. The molecule has 2 rings (SSSR count). The lowest BCUT2D eigenvalue weighted by atomic mass is 10.1. The van der Waals surface area contributed by atoms with Crippen molar-refractivity contribution in [2.24, 2.45) is 0 Å². The summed E-state index contributed by atoms with van der Waals surface area (Å²) in [6, 6.07) is 7.93. The van der Waals surface area contributed by atoms with Gasteiger partial charge in [-0.25, -0.2) is 0 Å². The van der Waals surface area contributed by atoms with Gasteiger partial charge < -0.3 is 9.84 Å². The molecule has 1 heterocycles. The maximum Gasteiger partial charge on any atom is 0.303 e. The molecule has 17 heavy (non-hydrogen) atoms. The average molecular weight is 232 g/mol. The first kappa shape index (κ1) is 11.7. The predicted molar refractivity (Wildman–Crippen MR) is 66.0 cm³/mol. The zero-order valence-electron chi connectivity index (χ0n) is 9.63. The van der Waals surface area contributed by atoms with Gasteiger partial charge in [-0.3, -0.25) is 4.79 Å². The summed E-state index contributed by atoms with van der Waals surface area (Å²) in [6.45, 7) is 0. The van der Waals surface area contributed by atoms with Crippen molar-refractivity contribution in [3.8, 4) is 5.75 Å². The summed E-state index contributed by atoms with van der Waals surface area (Å²) in [5.41, 5.74) is 1.11. The fourth-order valence-electron chi connectivity index (χ4n) is 1.92. The van der Waals surface area contributed by atoms with Gasteiger partial charge in [0, 0.05) is 12.0 Å². The van der Waals surface area contributed by atoms with E-state index in [1.165, 1.54) is 0 Å². The lowest BCUT2D eigenvalue weighted by molar-refractivity contribution is -0.137. The van der Waals surface area contributed by atoms with Crippen molar-refractivity contribution in [3.05, 3.63) is 35.9 Å². The normalized spacial score (nSPS) is 17.3. The molecule has 1 aliphatic rings. The highest BCUT2D eigenvalue weighted by Crippen LogP contribution is 2.26. The molecule has 0 spiro atoms. The van der Waals surface area contributed by atoms with E-state index in [0.717, 1.165) is 24.2 Å². The average Bonchev–Trinajstić information content (AvgIpc) is 2.34. The van der Waals surface area contributed by atoms with Crippen molar-refractivity contribution in [3.63, 3.8) is 0 Å². The predicted octanol–water partition coefficient (Wildman–Crippen LogP) is 3.11. The standard InChI is InChI=1S/C14H16O3/c15-14(16)8-4-2-6-12-10-9-11-5-1-3-7-13(11)17-12/h1,3,5,7,9-10,12H,2,4,6,8H2,(H,15,16). The Morgan fingerprint density at radius 1 is 1.29 bits per heavy atom. The van der Waals surface area contributed by atoms with Gasteiger partial charge in [-0.05, 0) is 31.4 Å². The van der Waals surface area contributed by atoms with E-state index in [0.29, 0.717) is 6.42 Å². The van der Waals surface area contributed by atoms with Gasteiger partial charge in [0.25, 0.3) is 0 Å². The lowest BCUT2D eigenvalue weighted by Crippen LogP contribution is -2.16. The van der Waals surface area contributed by atoms with E-state index in [-0.39, 0.29) is 12.5 Å². The quantitative estimate of drug-likeness (QED) is 0.793. The smallest absolute Gasteiger partial charge is 0.303 e. The van der Waals surface area contributed by atoms with Crippen LogP contribution in [0.2, 0.25) is 0 Å². The largest absolute Gasteiger partial charge is 0.486 e. The zero-order chi connectivity index (χ0) is 12.1. The molecule has 1 aliphatic heterocycles. The highest BCUT2D eigenvalue weighted by atomic mass is 16.5. The Bertz CT molecular complexity index is 423. The maximum absolute atomic E-state index is 10.4. The molecule has 1 aromatic carbocycles. The minimum atomic E-state index is -0.726. The van der Waals surface area contributed by atoms with E-state index in [1.54, 1.807) is 0 Å². The molecule has 1 atom stereocenters. The Balaban J connectivity index is 1.81. The van der Waals surface area contributed by atoms with Crippen molar-refractivity contribution >= 4 is 12.0 Å². The number of hydrogen-bond acceptors (Lipinski definition) is 2. The van der Waals surface area contributed by atoms with E-state index in [2.05, 4.69) is 6.08 Å². The molecule has 1 aromatic rings. The highest BCUT2D eigenvalue weighted by molar-refractivity contribution is 5.66. The SMILES string of the molecule is O=C(O)CCCCC1C=Cc2ccccc2O1. The number of aliphatic carboxylic acids is 1. The van der Waals surface area contributed by atoms with E-state index < -0.39 is 5.97 Å². The summed E-state index contributed by atoms with van der Waals surface area (Å²) in [7, 11) is 0. The molecule has 1 unspecified atom stereocenters. The first-order valence-electron chi connectivity index (χ1n) is 5.91. The molecule has 0 radical (unpaired) electrons. The van der Waals surface area contributed by atoms with Crippen LogP contribution in [0, 0.1) is 0 Å². The molecule has 0 aliphatic carbocycles. The fourth-order valence-corrected chi connectivity index (χ4v) is 1.92. The van der Waals surface area contributed by atoms with Gasteiger partial charge in [-0.15, -0.1) is 0 Å². The van der Waals surface area contributed by atoms with Crippen molar-refractivity contribution in [2.45, 2.75) is 31.8 Å². The van der Waals surface area contributed by atoms with Gasteiger partial charge in [0.05, 0.1) is 0 Å². The number of carbonyl (C=O) groups is 1. The van der Waals surface area contributed by atoms with Crippen LogP contribution in [0.5, 0.6) is 5.75 Å². The number of benzene rings is 1. The van der Waals surface area contributed by atoms with Gasteiger partial charge in [0.2, 0.25) is 0 Å². The number of fused-ring (bicyclic) bond motifs is 1.